The highest BCUT2D eigenvalue weighted by Crippen LogP contribution is 2.42. The zero-order chi connectivity index (χ0) is 13.6. The van der Waals surface area contributed by atoms with E-state index in [-0.39, 0.29) is 15.4 Å². The molecule has 1 N–H and O–H groups in total. The molecule has 5 heteroatoms. The minimum atomic E-state index is -0.495. The van der Waals surface area contributed by atoms with Crippen LogP contribution in [0, 0.1) is 11.6 Å². The van der Waals surface area contributed by atoms with Crippen molar-refractivity contribution in [2.24, 2.45) is 0 Å². The smallest absolute Gasteiger partial charge is 0.150 e. The van der Waals surface area contributed by atoms with Crippen LogP contribution in [0.25, 0.3) is 10.9 Å². The molecule has 0 radical (unpaired) electrons. The van der Waals surface area contributed by atoms with Crippen molar-refractivity contribution in [3.8, 4) is 0 Å². The molecule has 0 spiro atoms. The summed E-state index contributed by atoms with van der Waals surface area (Å²) in [7, 11) is 0. The van der Waals surface area contributed by atoms with Gasteiger partial charge in [0.05, 0.1) is 9.86 Å². The second-order valence-corrected chi connectivity index (χ2v) is 5.63. The maximum Gasteiger partial charge on any atom is 0.150 e. The predicted octanol–water partition coefficient (Wildman–Crippen LogP) is 4.58. The van der Waals surface area contributed by atoms with Crippen LogP contribution in [0.15, 0.2) is 16.6 Å². The number of halogens is 3. The first-order valence-corrected chi connectivity index (χ1v) is 7.13. The van der Waals surface area contributed by atoms with Gasteiger partial charge in [0.1, 0.15) is 11.3 Å². The van der Waals surface area contributed by atoms with Crippen LogP contribution < -0.4 is 5.32 Å². The van der Waals surface area contributed by atoms with Gasteiger partial charge in [0.25, 0.3) is 0 Å². The number of fused-ring (bicyclic) bond motifs is 1. The van der Waals surface area contributed by atoms with Crippen molar-refractivity contribution in [3.63, 3.8) is 0 Å². The van der Waals surface area contributed by atoms with E-state index in [9.17, 15) is 8.78 Å². The van der Waals surface area contributed by atoms with Crippen molar-refractivity contribution < 1.29 is 8.78 Å². The molecule has 1 saturated carbocycles. The highest BCUT2D eigenvalue weighted by atomic mass is 79.9. The molecule has 1 aromatic carbocycles. The summed E-state index contributed by atoms with van der Waals surface area (Å²) in [5, 5.41) is 3.32. The molecule has 0 amide bonds. The average Bonchev–Trinajstić information content (AvgIpc) is 3.20. The van der Waals surface area contributed by atoms with Crippen molar-refractivity contribution in [2.75, 3.05) is 11.9 Å². The maximum atomic E-state index is 14.2. The fraction of sp³-hybridized carbons (Fsp3) is 0.357. The molecule has 1 aliphatic carbocycles. The second kappa shape index (κ2) is 4.71. The number of nitrogens with one attached hydrogen (secondary N) is 1. The number of hydrogen-bond acceptors (Lipinski definition) is 2. The first kappa shape index (κ1) is 12.8. The molecule has 0 bridgehead atoms. The largest absolute Gasteiger partial charge is 0.385 e. The Balaban J connectivity index is 2.33. The van der Waals surface area contributed by atoms with Gasteiger partial charge in [0.15, 0.2) is 5.82 Å². The molecule has 3 rings (SSSR count). The molecule has 100 valence electrons. The van der Waals surface area contributed by atoms with Gasteiger partial charge in [-0.15, -0.1) is 0 Å². The van der Waals surface area contributed by atoms with Gasteiger partial charge >= 0.3 is 0 Å². The maximum absolute atomic E-state index is 14.2. The summed E-state index contributed by atoms with van der Waals surface area (Å²) in [6.07, 6.45) is 2.15. The van der Waals surface area contributed by atoms with E-state index >= 15 is 0 Å². The summed E-state index contributed by atoms with van der Waals surface area (Å²) in [6, 6.07) is 2.98. The molecule has 0 atom stereocenters. The van der Waals surface area contributed by atoms with E-state index in [4.69, 9.17) is 0 Å². The first-order chi connectivity index (χ1) is 9.11. The molecular formula is C14H13BrF2N2. The number of rotatable bonds is 3. The van der Waals surface area contributed by atoms with Gasteiger partial charge < -0.3 is 5.32 Å². The zero-order valence-electron chi connectivity index (χ0n) is 10.4. The van der Waals surface area contributed by atoms with E-state index in [1.54, 1.807) is 0 Å². The molecule has 2 aromatic rings. The third-order valence-corrected chi connectivity index (χ3v) is 3.89. The molecule has 0 saturated heterocycles. The number of aromatic nitrogens is 1. The fourth-order valence-corrected chi connectivity index (χ4v) is 2.64. The highest BCUT2D eigenvalue weighted by molar-refractivity contribution is 9.10. The Morgan fingerprint density at radius 2 is 2.11 bits per heavy atom. The van der Waals surface area contributed by atoms with Gasteiger partial charge in [-0.3, -0.25) is 0 Å². The van der Waals surface area contributed by atoms with E-state index in [2.05, 4.69) is 26.2 Å². The Hall–Kier alpha value is -1.23. The normalized spacial score (nSPS) is 14.9. The SMILES string of the molecule is CCNc1cc(C2CC2)nc2c(F)cc(Br)c(F)c12. The van der Waals surface area contributed by atoms with Crippen LogP contribution in [0.2, 0.25) is 0 Å². The quantitative estimate of drug-likeness (QED) is 0.835. The summed E-state index contributed by atoms with van der Waals surface area (Å²) < 4.78 is 28.4. The van der Waals surface area contributed by atoms with Gasteiger partial charge in [-0.25, -0.2) is 13.8 Å². The molecule has 1 fully saturated rings. The van der Waals surface area contributed by atoms with Crippen molar-refractivity contribution in [3.05, 3.63) is 33.9 Å². The minimum Gasteiger partial charge on any atom is -0.385 e. The van der Waals surface area contributed by atoms with Gasteiger partial charge in [0, 0.05) is 23.8 Å². The van der Waals surface area contributed by atoms with E-state index in [1.807, 2.05) is 13.0 Å². The summed E-state index contributed by atoms with van der Waals surface area (Å²) in [6.45, 7) is 2.58. The van der Waals surface area contributed by atoms with Crippen molar-refractivity contribution in [2.45, 2.75) is 25.7 Å². The van der Waals surface area contributed by atoms with Gasteiger partial charge in [-0.1, -0.05) is 0 Å². The Bertz CT molecular complexity index is 654. The lowest BCUT2D eigenvalue weighted by atomic mass is 10.1. The van der Waals surface area contributed by atoms with Crippen LogP contribution in [0.4, 0.5) is 14.5 Å². The van der Waals surface area contributed by atoms with Crippen molar-refractivity contribution >= 4 is 32.5 Å². The van der Waals surface area contributed by atoms with Crippen LogP contribution in [0.1, 0.15) is 31.4 Å². The Labute approximate surface area is 118 Å². The lowest BCUT2D eigenvalue weighted by Crippen LogP contribution is -2.03. The van der Waals surface area contributed by atoms with E-state index in [0.29, 0.717) is 18.2 Å². The Kier molecular flexibility index (Phi) is 3.17. The molecule has 1 aromatic heterocycles. The number of hydrogen-bond donors (Lipinski definition) is 1. The lowest BCUT2D eigenvalue weighted by molar-refractivity contribution is 0.609. The van der Waals surface area contributed by atoms with Gasteiger partial charge in [-0.2, -0.15) is 0 Å². The Morgan fingerprint density at radius 1 is 1.37 bits per heavy atom. The van der Waals surface area contributed by atoms with E-state index in [1.165, 1.54) is 0 Å². The van der Waals surface area contributed by atoms with Gasteiger partial charge in [0.2, 0.25) is 0 Å². The molecule has 2 nitrogen and oxygen atoms in total. The minimum absolute atomic E-state index is 0.112. The second-order valence-electron chi connectivity index (χ2n) is 4.78. The predicted molar refractivity (Wildman–Crippen MR) is 75.5 cm³/mol. The molecule has 1 heterocycles. The average molecular weight is 327 g/mol. The molecule has 19 heavy (non-hydrogen) atoms. The zero-order valence-corrected chi connectivity index (χ0v) is 12.0. The lowest BCUT2D eigenvalue weighted by Gasteiger charge is -2.12. The highest BCUT2D eigenvalue weighted by Gasteiger charge is 2.27. The summed E-state index contributed by atoms with van der Waals surface area (Å²) in [5.74, 6) is -0.569. The van der Waals surface area contributed by atoms with Crippen LogP contribution in [0.5, 0.6) is 0 Å². The monoisotopic (exact) mass is 326 g/mol. The van der Waals surface area contributed by atoms with Gasteiger partial charge in [-0.05, 0) is 47.8 Å². The van der Waals surface area contributed by atoms with Crippen LogP contribution in [-0.2, 0) is 0 Å². The number of nitrogens with zero attached hydrogens (tertiary/aromatic N) is 1. The number of pyridine rings is 1. The van der Waals surface area contributed by atoms with Crippen LogP contribution in [-0.4, -0.2) is 11.5 Å². The van der Waals surface area contributed by atoms with E-state index < -0.39 is 11.6 Å². The van der Waals surface area contributed by atoms with E-state index in [0.717, 1.165) is 24.6 Å². The standard InChI is InChI=1S/C14H13BrF2N2/c1-2-18-11-6-10(7-3-4-7)19-14-9(16)5-8(15)13(17)12(11)14/h5-7H,2-4H2,1H3,(H,18,19). The third-order valence-electron chi connectivity index (χ3n) is 3.31. The van der Waals surface area contributed by atoms with Crippen LogP contribution in [0.3, 0.4) is 0 Å². The number of anilines is 1. The number of benzene rings is 1. The molecular weight excluding hydrogens is 314 g/mol. The van der Waals surface area contributed by atoms with Crippen LogP contribution >= 0.6 is 15.9 Å². The van der Waals surface area contributed by atoms with Crippen molar-refractivity contribution in [1.29, 1.82) is 0 Å². The van der Waals surface area contributed by atoms with Crippen molar-refractivity contribution in [1.82, 2.24) is 4.98 Å². The molecule has 0 unspecified atom stereocenters. The molecule has 0 aliphatic heterocycles. The third kappa shape index (κ3) is 2.20. The summed E-state index contributed by atoms with van der Waals surface area (Å²) in [5.41, 5.74) is 1.58. The summed E-state index contributed by atoms with van der Waals surface area (Å²) >= 11 is 3.04. The summed E-state index contributed by atoms with van der Waals surface area (Å²) in [4.78, 5) is 4.31. The topological polar surface area (TPSA) is 24.9 Å². The first-order valence-electron chi connectivity index (χ1n) is 6.33. The Morgan fingerprint density at radius 3 is 2.74 bits per heavy atom. The molecule has 1 aliphatic rings. The fourth-order valence-electron chi connectivity index (χ4n) is 2.24.